The minimum Gasteiger partial charge on any atom is -0.348 e. The molecular formula is C16H17FN4O3. The van der Waals surface area contributed by atoms with Crippen LogP contribution < -0.4 is 5.32 Å². The zero-order valence-corrected chi connectivity index (χ0v) is 13.0. The van der Waals surface area contributed by atoms with E-state index in [0.29, 0.717) is 31.5 Å². The standard InChI is InChI=1S/C16H17FN4O3/c17-12-6-4-11(5-7-12)14-19-16(24-20-14)15(23)18-8-2-10-21-9-1-3-13(21)22/h4-7H,1-3,8-10H2,(H,18,23). The van der Waals surface area contributed by atoms with Crippen LogP contribution in [0.2, 0.25) is 0 Å². The summed E-state index contributed by atoms with van der Waals surface area (Å²) in [6.45, 7) is 1.83. The van der Waals surface area contributed by atoms with Gasteiger partial charge in [-0.15, -0.1) is 0 Å². The normalized spacial score (nSPS) is 14.2. The molecule has 3 rings (SSSR count). The Balaban J connectivity index is 1.48. The molecule has 1 saturated heterocycles. The number of halogens is 1. The fourth-order valence-electron chi connectivity index (χ4n) is 2.52. The molecule has 0 saturated carbocycles. The van der Waals surface area contributed by atoms with Gasteiger partial charge in [0.1, 0.15) is 5.82 Å². The number of nitrogens with one attached hydrogen (secondary N) is 1. The van der Waals surface area contributed by atoms with E-state index >= 15 is 0 Å². The molecule has 2 aromatic rings. The molecule has 0 radical (unpaired) electrons. The van der Waals surface area contributed by atoms with Crippen LogP contribution in [0.4, 0.5) is 4.39 Å². The molecule has 2 heterocycles. The zero-order valence-electron chi connectivity index (χ0n) is 13.0. The highest BCUT2D eigenvalue weighted by atomic mass is 19.1. The number of carbonyl (C=O) groups is 2. The molecular weight excluding hydrogens is 315 g/mol. The largest absolute Gasteiger partial charge is 0.348 e. The Hall–Kier alpha value is -2.77. The molecule has 0 unspecified atom stereocenters. The Bertz CT molecular complexity index is 729. The van der Waals surface area contributed by atoms with E-state index in [2.05, 4.69) is 15.5 Å². The topological polar surface area (TPSA) is 88.3 Å². The third kappa shape index (κ3) is 3.76. The highest BCUT2D eigenvalue weighted by Crippen LogP contribution is 2.16. The molecule has 1 aromatic heterocycles. The summed E-state index contributed by atoms with van der Waals surface area (Å²) in [6.07, 6.45) is 2.18. The van der Waals surface area contributed by atoms with Gasteiger partial charge in [-0.2, -0.15) is 4.98 Å². The van der Waals surface area contributed by atoms with Crippen molar-refractivity contribution in [3.05, 3.63) is 36.0 Å². The Morgan fingerprint density at radius 2 is 2.12 bits per heavy atom. The van der Waals surface area contributed by atoms with Crippen molar-refractivity contribution in [3.8, 4) is 11.4 Å². The third-order valence-electron chi connectivity index (χ3n) is 3.78. The average molecular weight is 332 g/mol. The van der Waals surface area contributed by atoms with E-state index in [4.69, 9.17) is 4.52 Å². The van der Waals surface area contributed by atoms with Gasteiger partial charge in [0, 0.05) is 31.6 Å². The van der Waals surface area contributed by atoms with Crippen molar-refractivity contribution >= 4 is 11.8 Å². The van der Waals surface area contributed by atoms with Crippen LogP contribution in [-0.4, -0.2) is 46.5 Å². The molecule has 1 aliphatic rings. The van der Waals surface area contributed by atoms with Gasteiger partial charge in [-0.05, 0) is 37.1 Å². The van der Waals surface area contributed by atoms with Crippen molar-refractivity contribution in [1.82, 2.24) is 20.4 Å². The summed E-state index contributed by atoms with van der Waals surface area (Å²) < 4.78 is 17.8. The number of carbonyl (C=O) groups excluding carboxylic acids is 2. The van der Waals surface area contributed by atoms with Crippen molar-refractivity contribution < 1.29 is 18.5 Å². The molecule has 0 bridgehead atoms. The van der Waals surface area contributed by atoms with Crippen LogP contribution in [0.1, 0.15) is 29.9 Å². The van der Waals surface area contributed by atoms with Crippen LogP contribution in [0.5, 0.6) is 0 Å². The number of amides is 2. The lowest BCUT2D eigenvalue weighted by Crippen LogP contribution is -2.30. The summed E-state index contributed by atoms with van der Waals surface area (Å²) in [6, 6.07) is 5.58. The monoisotopic (exact) mass is 332 g/mol. The highest BCUT2D eigenvalue weighted by molar-refractivity contribution is 5.89. The number of rotatable bonds is 6. The van der Waals surface area contributed by atoms with Crippen LogP contribution in [-0.2, 0) is 4.79 Å². The van der Waals surface area contributed by atoms with Gasteiger partial charge in [-0.3, -0.25) is 9.59 Å². The minimum atomic E-state index is -0.469. The van der Waals surface area contributed by atoms with Crippen molar-refractivity contribution in [2.75, 3.05) is 19.6 Å². The minimum absolute atomic E-state index is 0.147. The molecule has 1 aliphatic heterocycles. The lowest BCUT2D eigenvalue weighted by molar-refractivity contribution is -0.127. The Labute approximate surface area is 137 Å². The van der Waals surface area contributed by atoms with E-state index in [1.807, 2.05) is 0 Å². The second-order valence-electron chi connectivity index (χ2n) is 5.52. The molecule has 8 heteroatoms. The van der Waals surface area contributed by atoms with Crippen molar-refractivity contribution in [1.29, 1.82) is 0 Å². The molecule has 0 spiro atoms. The van der Waals surface area contributed by atoms with Crippen LogP contribution in [0, 0.1) is 5.82 Å². The Morgan fingerprint density at radius 1 is 1.33 bits per heavy atom. The van der Waals surface area contributed by atoms with Crippen molar-refractivity contribution in [2.45, 2.75) is 19.3 Å². The van der Waals surface area contributed by atoms with Gasteiger partial charge in [0.25, 0.3) is 0 Å². The van der Waals surface area contributed by atoms with Gasteiger partial charge in [-0.1, -0.05) is 5.16 Å². The van der Waals surface area contributed by atoms with Gasteiger partial charge < -0.3 is 14.7 Å². The summed E-state index contributed by atoms with van der Waals surface area (Å²) in [7, 11) is 0. The zero-order chi connectivity index (χ0) is 16.9. The SMILES string of the molecule is O=C(NCCCN1CCCC1=O)c1nc(-c2ccc(F)cc2)no1. The fourth-order valence-corrected chi connectivity index (χ4v) is 2.52. The van der Waals surface area contributed by atoms with Crippen molar-refractivity contribution in [2.24, 2.45) is 0 Å². The first kappa shape index (κ1) is 16.1. The van der Waals surface area contributed by atoms with Gasteiger partial charge in [0.05, 0.1) is 0 Å². The summed E-state index contributed by atoms with van der Waals surface area (Å²) >= 11 is 0. The van der Waals surface area contributed by atoms with Gasteiger partial charge >= 0.3 is 11.8 Å². The lowest BCUT2D eigenvalue weighted by atomic mass is 10.2. The van der Waals surface area contributed by atoms with Gasteiger partial charge in [0.15, 0.2) is 0 Å². The smallest absolute Gasteiger partial charge is 0.316 e. The maximum Gasteiger partial charge on any atom is 0.316 e. The van der Waals surface area contributed by atoms with E-state index in [-0.39, 0.29) is 23.4 Å². The number of aromatic nitrogens is 2. The first-order valence-electron chi connectivity index (χ1n) is 7.79. The molecule has 1 fully saturated rings. The number of likely N-dealkylation sites (tertiary alicyclic amines) is 1. The van der Waals surface area contributed by atoms with Crippen molar-refractivity contribution in [3.63, 3.8) is 0 Å². The highest BCUT2D eigenvalue weighted by Gasteiger charge is 2.20. The molecule has 0 aliphatic carbocycles. The predicted octanol–water partition coefficient (Wildman–Crippen LogP) is 1.62. The number of nitrogens with zero attached hydrogens (tertiary/aromatic N) is 3. The van der Waals surface area contributed by atoms with E-state index in [1.54, 1.807) is 4.90 Å². The lowest BCUT2D eigenvalue weighted by Gasteiger charge is -2.14. The Morgan fingerprint density at radius 3 is 2.83 bits per heavy atom. The molecule has 0 atom stereocenters. The second kappa shape index (κ2) is 7.20. The van der Waals surface area contributed by atoms with Gasteiger partial charge in [-0.25, -0.2) is 4.39 Å². The van der Waals surface area contributed by atoms with Crippen LogP contribution in [0.15, 0.2) is 28.8 Å². The molecule has 126 valence electrons. The summed E-state index contributed by atoms with van der Waals surface area (Å²) in [5, 5.41) is 6.39. The number of benzene rings is 1. The molecule has 1 aromatic carbocycles. The second-order valence-corrected chi connectivity index (χ2v) is 5.52. The number of hydrogen-bond acceptors (Lipinski definition) is 5. The molecule has 7 nitrogen and oxygen atoms in total. The first-order valence-corrected chi connectivity index (χ1v) is 7.79. The van der Waals surface area contributed by atoms with Crippen LogP contribution in [0.3, 0.4) is 0 Å². The summed E-state index contributed by atoms with van der Waals surface area (Å²) in [5.41, 5.74) is 0.562. The third-order valence-corrected chi connectivity index (χ3v) is 3.78. The summed E-state index contributed by atoms with van der Waals surface area (Å²) in [4.78, 5) is 29.2. The maximum absolute atomic E-state index is 12.9. The fraction of sp³-hybridized carbons (Fsp3) is 0.375. The van der Waals surface area contributed by atoms with Crippen LogP contribution in [0.25, 0.3) is 11.4 Å². The van der Waals surface area contributed by atoms with Gasteiger partial charge in [0.2, 0.25) is 11.7 Å². The molecule has 1 N–H and O–H groups in total. The summed E-state index contributed by atoms with van der Waals surface area (Å²) in [5.74, 6) is -0.586. The van der Waals surface area contributed by atoms with E-state index in [1.165, 1.54) is 24.3 Å². The van der Waals surface area contributed by atoms with Crippen LogP contribution >= 0.6 is 0 Å². The van der Waals surface area contributed by atoms with E-state index < -0.39 is 5.91 Å². The first-order chi connectivity index (χ1) is 11.6. The quantitative estimate of drug-likeness (QED) is 0.812. The van der Waals surface area contributed by atoms with E-state index in [0.717, 1.165) is 13.0 Å². The van der Waals surface area contributed by atoms with E-state index in [9.17, 15) is 14.0 Å². The maximum atomic E-state index is 12.9. The Kier molecular flexibility index (Phi) is 4.83. The molecule has 2 amide bonds. The molecule has 24 heavy (non-hydrogen) atoms. The number of hydrogen-bond donors (Lipinski definition) is 1. The average Bonchev–Trinajstić information content (AvgIpc) is 3.22. The predicted molar refractivity (Wildman–Crippen MR) is 82.5 cm³/mol.